The fraction of sp³-hybridized carbons (Fsp3) is 0.455. The maximum absolute atomic E-state index is 12.3. The number of H-pyrrole nitrogens is 1. The zero-order valence-corrected chi connectivity index (χ0v) is 9.68. The molecule has 1 fully saturated rings. The molecule has 1 unspecified atom stereocenters. The van der Waals surface area contributed by atoms with Crippen molar-refractivity contribution < 1.29 is 0 Å². The summed E-state index contributed by atoms with van der Waals surface area (Å²) in [6.07, 6.45) is 6.34. The Morgan fingerprint density at radius 2 is 2.35 bits per heavy atom. The van der Waals surface area contributed by atoms with Gasteiger partial charge in [-0.05, 0) is 19.9 Å². The predicted octanol–water partition coefficient (Wildman–Crippen LogP) is 0.205. The van der Waals surface area contributed by atoms with Gasteiger partial charge in [0, 0.05) is 18.9 Å². The topological polar surface area (TPSA) is 67.6 Å². The highest BCUT2D eigenvalue weighted by Crippen LogP contribution is 2.14. The van der Waals surface area contributed by atoms with Gasteiger partial charge in [0.1, 0.15) is 0 Å². The molecule has 0 aliphatic carbocycles. The predicted molar refractivity (Wildman–Crippen MR) is 63.4 cm³/mol. The molecule has 0 saturated carbocycles. The standard InChI is InChI=1S/C11H15N5O/c1-8-10(7-13-14-8)16-5-4-15(11(16)17)9-2-3-12-6-9/h4-5,7,9,12H,2-3,6H2,1H3,(H,13,14). The van der Waals surface area contributed by atoms with Crippen LogP contribution in [0, 0.1) is 6.92 Å². The number of hydrogen-bond donors (Lipinski definition) is 2. The van der Waals surface area contributed by atoms with Crippen LogP contribution in [0.1, 0.15) is 18.2 Å². The van der Waals surface area contributed by atoms with E-state index >= 15 is 0 Å². The van der Waals surface area contributed by atoms with Crippen molar-refractivity contribution >= 4 is 0 Å². The molecule has 0 bridgehead atoms. The average Bonchev–Trinajstić information content (AvgIpc) is 2.99. The number of rotatable bonds is 2. The number of imidazole rings is 1. The van der Waals surface area contributed by atoms with Crippen LogP contribution in [0.25, 0.3) is 5.69 Å². The highest BCUT2D eigenvalue weighted by Gasteiger charge is 2.19. The molecule has 0 aromatic carbocycles. The molecule has 1 aliphatic heterocycles. The molecular formula is C11H15N5O. The summed E-state index contributed by atoms with van der Waals surface area (Å²) in [4.78, 5) is 12.3. The number of aromatic amines is 1. The van der Waals surface area contributed by atoms with Gasteiger partial charge in [0.05, 0.1) is 23.6 Å². The van der Waals surface area contributed by atoms with E-state index in [1.807, 2.05) is 13.1 Å². The molecule has 3 rings (SSSR count). The van der Waals surface area contributed by atoms with Crippen LogP contribution in [-0.4, -0.2) is 32.4 Å². The molecule has 1 aliphatic rings. The molecular weight excluding hydrogens is 218 g/mol. The first-order valence-electron chi connectivity index (χ1n) is 5.78. The number of nitrogens with zero attached hydrogens (tertiary/aromatic N) is 3. The van der Waals surface area contributed by atoms with E-state index in [9.17, 15) is 4.79 Å². The van der Waals surface area contributed by atoms with Crippen molar-refractivity contribution in [2.24, 2.45) is 0 Å². The summed E-state index contributed by atoms with van der Waals surface area (Å²) in [5, 5.41) is 10.0. The first kappa shape index (κ1) is 10.3. The summed E-state index contributed by atoms with van der Waals surface area (Å²) < 4.78 is 3.43. The van der Waals surface area contributed by atoms with E-state index in [0.29, 0.717) is 0 Å². The van der Waals surface area contributed by atoms with Gasteiger partial charge in [-0.2, -0.15) is 5.10 Å². The maximum Gasteiger partial charge on any atom is 0.333 e. The zero-order valence-electron chi connectivity index (χ0n) is 9.68. The van der Waals surface area contributed by atoms with Gasteiger partial charge in [-0.15, -0.1) is 0 Å². The number of hydrogen-bond acceptors (Lipinski definition) is 3. The van der Waals surface area contributed by atoms with Gasteiger partial charge in [0.15, 0.2) is 0 Å². The summed E-state index contributed by atoms with van der Waals surface area (Å²) >= 11 is 0. The third-order valence-electron chi connectivity index (χ3n) is 3.29. The van der Waals surface area contributed by atoms with E-state index in [2.05, 4.69) is 15.5 Å². The molecule has 1 saturated heterocycles. The maximum atomic E-state index is 12.3. The fourth-order valence-corrected chi connectivity index (χ4v) is 2.32. The van der Waals surface area contributed by atoms with Crippen LogP contribution < -0.4 is 11.0 Å². The Kier molecular flexibility index (Phi) is 2.36. The van der Waals surface area contributed by atoms with Crippen LogP contribution in [0.5, 0.6) is 0 Å². The van der Waals surface area contributed by atoms with E-state index in [4.69, 9.17) is 0 Å². The lowest BCUT2D eigenvalue weighted by Crippen LogP contribution is -2.27. The molecule has 0 spiro atoms. The minimum Gasteiger partial charge on any atom is -0.315 e. The summed E-state index contributed by atoms with van der Waals surface area (Å²) in [6, 6.07) is 0.274. The van der Waals surface area contributed by atoms with Crippen LogP contribution in [0.15, 0.2) is 23.4 Å². The lowest BCUT2D eigenvalue weighted by molar-refractivity contribution is 0.526. The Morgan fingerprint density at radius 3 is 3.00 bits per heavy atom. The highest BCUT2D eigenvalue weighted by molar-refractivity contribution is 5.32. The summed E-state index contributed by atoms with van der Waals surface area (Å²) in [7, 11) is 0. The van der Waals surface area contributed by atoms with Crippen LogP contribution in [-0.2, 0) is 0 Å². The molecule has 6 heteroatoms. The van der Waals surface area contributed by atoms with Gasteiger partial charge in [0.2, 0.25) is 0 Å². The molecule has 1 atom stereocenters. The van der Waals surface area contributed by atoms with E-state index in [0.717, 1.165) is 30.9 Å². The third-order valence-corrected chi connectivity index (χ3v) is 3.29. The minimum atomic E-state index is 0.00296. The molecule has 17 heavy (non-hydrogen) atoms. The van der Waals surface area contributed by atoms with Gasteiger partial charge in [-0.1, -0.05) is 0 Å². The van der Waals surface area contributed by atoms with Crippen LogP contribution in [0.3, 0.4) is 0 Å². The van der Waals surface area contributed by atoms with Gasteiger partial charge in [0.25, 0.3) is 0 Å². The molecule has 2 aromatic heterocycles. The average molecular weight is 233 g/mol. The van der Waals surface area contributed by atoms with Crippen molar-refractivity contribution in [2.45, 2.75) is 19.4 Å². The Bertz CT molecular complexity index is 573. The molecule has 3 heterocycles. The summed E-state index contributed by atoms with van der Waals surface area (Å²) in [5.41, 5.74) is 1.72. The smallest absolute Gasteiger partial charge is 0.315 e. The molecule has 0 radical (unpaired) electrons. The summed E-state index contributed by atoms with van der Waals surface area (Å²) in [6.45, 7) is 3.75. The Labute approximate surface area is 98.3 Å². The first-order valence-corrected chi connectivity index (χ1v) is 5.78. The van der Waals surface area contributed by atoms with Crippen LogP contribution in [0.4, 0.5) is 0 Å². The molecule has 2 N–H and O–H groups in total. The lowest BCUT2D eigenvalue weighted by Gasteiger charge is -2.08. The minimum absolute atomic E-state index is 0.00296. The molecule has 2 aromatic rings. The third kappa shape index (κ3) is 1.61. The van der Waals surface area contributed by atoms with E-state index in [1.165, 1.54) is 0 Å². The van der Waals surface area contributed by atoms with E-state index in [-0.39, 0.29) is 11.7 Å². The molecule has 6 nitrogen and oxygen atoms in total. The van der Waals surface area contributed by atoms with Crippen molar-refractivity contribution in [3.8, 4) is 5.69 Å². The monoisotopic (exact) mass is 233 g/mol. The highest BCUT2D eigenvalue weighted by atomic mass is 16.1. The normalized spacial score (nSPS) is 19.9. The largest absolute Gasteiger partial charge is 0.333 e. The van der Waals surface area contributed by atoms with Crippen LogP contribution in [0.2, 0.25) is 0 Å². The van der Waals surface area contributed by atoms with Crippen molar-refractivity contribution in [1.82, 2.24) is 24.6 Å². The second-order valence-corrected chi connectivity index (χ2v) is 4.38. The van der Waals surface area contributed by atoms with Gasteiger partial charge in [-0.25, -0.2) is 4.79 Å². The van der Waals surface area contributed by atoms with Crippen molar-refractivity contribution in [3.63, 3.8) is 0 Å². The first-order chi connectivity index (χ1) is 8.27. The summed E-state index contributed by atoms with van der Waals surface area (Å²) in [5.74, 6) is 0. The van der Waals surface area contributed by atoms with Crippen molar-refractivity contribution in [2.75, 3.05) is 13.1 Å². The number of aromatic nitrogens is 4. The second-order valence-electron chi connectivity index (χ2n) is 4.38. The number of aryl methyl sites for hydroxylation is 1. The van der Waals surface area contributed by atoms with Crippen molar-refractivity contribution in [1.29, 1.82) is 0 Å². The van der Waals surface area contributed by atoms with Gasteiger partial charge < -0.3 is 5.32 Å². The quantitative estimate of drug-likeness (QED) is 0.779. The lowest BCUT2D eigenvalue weighted by atomic mass is 10.3. The fourth-order valence-electron chi connectivity index (χ4n) is 2.32. The molecule has 90 valence electrons. The van der Waals surface area contributed by atoms with Crippen LogP contribution >= 0.6 is 0 Å². The Morgan fingerprint density at radius 1 is 1.47 bits per heavy atom. The second kappa shape index (κ2) is 3.89. The number of nitrogens with one attached hydrogen (secondary N) is 2. The van der Waals surface area contributed by atoms with Gasteiger partial charge >= 0.3 is 5.69 Å². The Balaban J connectivity index is 2.03. The molecule has 0 amide bonds. The van der Waals surface area contributed by atoms with E-state index in [1.54, 1.807) is 21.5 Å². The van der Waals surface area contributed by atoms with Crippen molar-refractivity contribution in [3.05, 3.63) is 34.8 Å². The van der Waals surface area contributed by atoms with E-state index < -0.39 is 0 Å². The zero-order chi connectivity index (χ0) is 11.8. The van der Waals surface area contributed by atoms with Gasteiger partial charge in [-0.3, -0.25) is 14.2 Å². The Hall–Kier alpha value is -1.82. The SMILES string of the molecule is Cc1[nH]ncc1-n1ccn(C2CCNC2)c1=O.